The van der Waals surface area contributed by atoms with Crippen molar-refractivity contribution in [3.05, 3.63) is 57.8 Å². The van der Waals surface area contributed by atoms with Crippen molar-refractivity contribution in [2.75, 3.05) is 7.11 Å². The van der Waals surface area contributed by atoms with Crippen LogP contribution in [0.3, 0.4) is 0 Å². The van der Waals surface area contributed by atoms with E-state index in [1.807, 2.05) is 23.6 Å². The average molecular weight is 269 g/mol. The van der Waals surface area contributed by atoms with E-state index < -0.39 is 0 Å². The Kier molecular flexibility index (Phi) is 4.11. The van der Waals surface area contributed by atoms with Gasteiger partial charge in [-0.25, -0.2) is 0 Å². The van der Waals surface area contributed by atoms with Crippen LogP contribution in [0.4, 0.5) is 0 Å². The molecule has 19 heavy (non-hydrogen) atoms. The van der Waals surface area contributed by atoms with Gasteiger partial charge in [-0.1, -0.05) is 18.2 Å². The van der Waals surface area contributed by atoms with Crippen molar-refractivity contribution in [2.45, 2.75) is 0 Å². The molecule has 2 rings (SSSR count). The van der Waals surface area contributed by atoms with Gasteiger partial charge in [0.2, 0.25) is 5.78 Å². The fourth-order valence-corrected chi connectivity index (χ4v) is 2.24. The molecule has 0 bridgehead atoms. The van der Waals surface area contributed by atoms with Gasteiger partial charge in [0.05, 0.1) is 7.11 Å². The van der Waals surface area contributed by atoms with Crippen molar-refractivity contribution in [2.24, 2.45) is 0 Å². The number of thiophene rings is 1. The minimum Gasteiger partial charge on any atom is -0.497 e. The number of allylic oxidation sites excluding steroid dienone is 1. The Balaban J connectivity index is 2.34. The number of nitriles is 1. The number of rotatable bonds is 4. The van der Waals surface area contributed by atoms with Crippen molar-refractivity contribution in [3.63, 3.8) is 0 Å². The largest absolute Gasteiger partial charge is 0.497 e. The minimum absolute atomic E-state index is 0.121. The first kappa shape index (κ1) is 13.1. The van der Waals surface area contributed by atoms with Crippen molar-refractivity contribution in [1.82, 2.24) is 0 Å². The van der Waals surface area contributed by atoms with E-state index in [0.29, 0.717) is 11.3 Å². The second kappa shape index (κ2) is 5.98. The molecule has 0 spiro atoms. The third-order valence-electron chi connectivity index (χ3n) is 2.53. The summed E-state index contributed by atoms with van der Waals surface area (Å²) in [4.78, 5) is 13.1. The molecule has 0 saturated carbocycles. The molecule has 0 saturated heterocycles. The van der Waals surface area contributed by atoms with Gasteiger partial charge in [-0.3, -0.25) is 4.79 Å². The number of ketones is 1. The number of carbonyl (C=O) groups is 1. The summed E-state index contributed by atoms with van der Waals surface area (Å²) in [6.45, 7) is 0. The molecular formula is C15H11NO2S. The van der Waals surface area contributed by atoms with Gasteiger partial charge in [0, 0.05) is 10.4 Å². The normalized spacial score (nSPS) is 10.8. The summed E-state index contributed by atoms with van der Waals surface area (Å²) in [5.41, 5.74) is 0.569. The van der Waals surface area contributed by atoms with Gasteiger partial charge in [0.25, 0.3) is 0 Å². The van der Waals surface area contributed by atoms with Crippen LogP contribution in [0.25, 0.3) is 6.08 Å². The number of Topliss-reactive ketones (excluding diaryl/α,β-unsaturated/α-hetero) is 1. The van der Waals surface area contributed by atoms with Crippen LogP contribution in [0.5, 0.6) is 5.75 Å². The maximum Gasteiger partial charge on any atom is 0.203 e. The molecule has 1 aromatic carbocycles. The van der Waals surface area contributed by atoms with E-state index in [-0.39, 0.29) is 11.4 Å². The zero-order valence-electron chi connectivity index (χ0n) is 10.3. The van der Waals surface area contributed by atoms with Crippen LogP contribution in [0.2, 0.25) is 0 Å². The second-order valence-corrected chi connectivity index (χ2v) is 4.73. The maximum atomic E-state index is 12.2. The van der Waals surface area contributed by atoms with Gasteiger partial charge in [-0.05, 0) is 29.7 Å². The summed E-state index contributed by atoms with van der Waals surface area (Å²) in [6.07, 6.45) is 1.60. The lowest BCUT2D eigenvalue weighted by Crippen LogP contribution is -2.02. The number of hydrogen-bond acceptors (Lipinski definition) is 4. The van der Waals surface area contributed by atoms with Crippen molar-refractivity contribution >= 4 is 23.2 Å². The highest BCUT2D eigenvalue weighted by Gasteiger charge is 2.13. The molecule has 2 aromatic rings. The fraction of sp³-hybridized carbons (Fsp3) is 0.0667. The number of nitrogens with zero attached hydrogens (tertiary/aromatic N) is 1. The van der Waals surface area contributed by atoms with Crippen LogP contribution in [-0.4, -0.2) is 12.9 Å². The molecule has 4 heteroatoms. The van der Waals surface area contributed by atoms with Gasteiger partial charge in [-0.15, -0.1) is 11.3 Å². The van der Waals surface area contributed by atoms with Crippen molar-refractivity contribution < 1.29 is 9.53 Å². The van der Waals surface area contributed by atoms with Crippen molar-refractivity contribution in [3.8, 4) is 11.8 Å². The first-order chi connectivity index (χ1) is 9.24. The second-order valence-electron chi connectivity index (χ2n) is 3.75. The van der Waals surface area contributed by atoms with Crippen LogP contribution in [0.1, 0.15) is 15.2 Å². The Labute approximate surface area is 115 Å². The van der Waals surface area contributed by atoms with E-state index >= 15 is 0 Å². The first-order valence-corrected chi connectivity index (χ1v) is 6.46. The third kappa shape index (κ3) is 3.09. The molecule has 94 valence electrons. The van der Waals surface area contributed by atoms with Crippen LogP contribution < -0.4 is 4.74 Å². The predicted octanol–water partition coefficient (Wildman–Crippen LogP) is 3.55. The van der Waals surface area contributed by atoms with Gasteiger partial charge in [0.15, 0.2) is 0 Å². The molecule has 0 aliphatic heterocycles. The van der Waals surface area contributed by atoms with E-state index in [0.717, 1.165) is 4.88 Å². The number of methoxy groups -OCH3 is 1. The van der Waals surface area contributed by atoms with E-state index in [9.17, 15) is 4.79 Å². The highest BCUT2D eigenvalue weighted by molar-refractivity contribution is 7.10. The SMILES string of the molecule is COc1cccc(C(=O)/C(C#N)=C/c2cccs2)c1. The number of ether oxygens (including phenoxy) is 1. The zero-order valence-corrected chi connectivity index (χ0v) is 11.1. The molecule has 1 heterocycles. The van der Waals surface area contributed by atoms with Gasteiger partial charge < -0.3 is 4.74 Å². The van der Waals surface area contributed by atoms with Gasteiger partial charge in [-0.2, -0.15) is 5.26 Å². The Morgan fingerprint density at radius 3 is 2.84 bits per heavy atom. The van der Waals surface area contributed by atoms with Gasteiger partial charge >= 0.3 is 0 Å². The van der Waals surface area contributed by atoms with Crippen LogP contribution in [-0.2, 0) is 0 Å². The summed E-state index contributed by atoms with van der Waals surface area (Å²) in [6, 6.07) is 12.5. The topological polar surface area (TPSA) is 50.1 Å². The quantitative estimate of drug-likeness (QED) is 0.484. The highest BCUT2D eigenvalue weighted by Crippen LogP contribution is 2.19. The molecule has 0 fully saturated rings. The van der Waals surface area contributed by atoms with Crippen molar-refractivity contribution in [1.29, 1.82) is 5.26 Å². The molecule has 0 unspecified atom stereocenters. The minimum atomic E-state index is -0.296. The Morgan fingerprint density at radius 1 is 1.37 bits per heavy atom. The molecular weight excluding hydrogens is 258 g/mol. The van der Waals surface area contributed by atoms with E-state index in [1.165, 1.54) is 18.4 Å². The predicted molar refractivity (Wildman–Crippen MR) is 75.2 cm³/mol. The summed E-state index contributed by atoms with van der Waals surface area (Å²) >= 11 is 1.48. The lowest BCUT2D eigenvalue weighted by atomic mass is 10.0. The van der Waals surface area contributed by atoms with E-state index in [4.69, 9.17) is 10.00 Å². The summed E-state index contributed by atoms with van der Waals surface area (Å²) in [5, 5.41) is 11.0. The Bertz CT molecular complexity index is 651. The van der Waals surface area contributed by atoms with E-state index in [1.54, 1.807) is 30.3 Å². The first-order valence-electron chi connectivity index (χ1n) is 5.58. The molecule has 0 N–H and O–H groups in total. The summed E-state index contributed by atoms with van der Waals surface area (Å²) in [5.74, 6) is 0.300. The van der Waals surface area contributed by atoms with Crippen LogP contribution >= 0.6 is 11.3 Å². The van der Waals surface area contributed by atoms with Crippen LogP contribution in [0.15, 0.2) is 47.4 Å². The summed E-state index contributed by atoms with van der Waals surface area (Å²) in [7, 11) is 1.54. The zero-order chi connectivity index (χ0) is 13.7. The highest BCUT2D eigenvalue weighted by atomic mass is 32.1. The maximum absolute atomic E-state index is 12.2. The number of benzene rings is 1. The molecule has 0 aliphatic carbocycles. The molecule has 3 nitrogen and oxygen atoms in total. The van der Waals surface area contributed by atoms with Crippen LogP contribution in [0, 0.1) is 11.3 Å². The fourth-order valence-electron chi connectivity index (χ4n) is 1.58. The molecule has 0 atom stereocenters. The molecule has 0 aliphatic rings. The monoisotopic (exact) mass is 269 g/mol. The van der Waals surface area contributed by atoms with Gasteiger partial charge in [0.1, 0.15) is 17.4 Å². The number of hydrogen-bond donors (Lipinski definition) is 0. The lowest BCUT2D eigenvalue weighted by molar-refractivity contribution is 0.103. The lowest BCUT2D eigenvalue weighted by Gasteiger charge is -2.02. The Morgan fingerprint density at radius 2 is 2.21 bits per heavy atom. The standard InChI is InChI=1S/C15H11NO2S/c1-18-13-5-2-4-11(8-13)15(17)12(10-16)9-14-6-3-7-19-14/h2-9H,1H3/b12-9+. The molecule has 0 radical (unpaired) electrons. The Hall–Kier alpha value is -2.38. The molecule has 0 amide bonds. The smallest absolute Gasteiger partial charge is 0.203 e. The molecule has 1 aromatic heterocycles. The third-order valence-corrected chi connectivity index (χ3v) is 3.35. The van der Waals surface area contributed by atoms with E-state index in [2.05, 4.69) is 0 Å². The average Bonchev–Trinajstić information content (AvgIpc) is 2.97. The summed E-state index contributed by atoms with van der Waals surface area (Å²) < 4.78 is 5.07. The number of carbonyl (C=O) groups excluding carboxylic acids is 1.